The minimum absolute atomic E-state index is 0.120. The summed E-state index contributed by atoms with van der Waals surface area (Å²) in [5.41, 5.74) is 2.40. The Labute approximate surface area is 117 Å². The van der Waals surface area contributed by atoms with Gasteiger partial charge in [-0.15, -0.1) is 11.8 Å². The first-order chi connectivity index (χ1) is 8.99. The number of carboxylic acid groups (broad SMARTS) is 1. The Kier molecular flexibility index (Phi) is 6.42. The maximum absolute atomic E-state index is 11.5. The monoisotopic (exact) mass is 281 g/mol. The Bertz CT molecular complexity index is 448. The molecule has 0 aromatic heterocycles. The zero-order valence-electron chi connectivity index (χ0n) is 11.2. The molecule has 0 aliphatic rings. The SMILES string of the molecule is Cc1cccc(CSCC(=O)NCC(C)C(=O)O)c1. The minimum Gasteiger partial charge on any atom is -0.481 e. The standard InChI is InChI=1S/C14H19NO3S/c1-10-4-3-5-12(6-10)8-19-9-13(16)15-7-11(2)14(17)18/h3-6,11H,7-9H2,1-2H3,(H,15,16)(H,17,18). The molecule has 1 aromatic carbocycles. The van der Waals surface area contributed by atoms with Crippen LogP contribution in [0.3, 0.4) is 0 Å². The van der Waals surface area contributed by atoms with Crippen LogP contribution in [0.5, 0.6) is 0 Å². The number of rotatable bonds is 7. The van der Waals surface area contributed by atoms with Crippen molar-refractivity contribution in [2.75, 3.05) is 12.3 Å². The Balaban J connectivity index is 2.22. The van der Waals surface area contributed by atoms with Gasteiger partial charge in [-0.05, 0) is 12.5 Å². The number of aryl methyl sites for hydroxylation is 1. The van der Waals surface area contributed by atoms with Crippen LogP contribution in [0.1, 0.15) is 18.1 Å². The predicted molar refractivity (Wildman–Crippen MR) is 77.2 cm³/mol. The Hall–Kier alpha value is -1.49. The van der Waals surface area contributed by atoms with Crippen molar-refractivity contribution in [3.63, 3.8) is 0 Å². The lowest BCUT2D eigenvalue weighted by Crippen LogP contribution is -2.32. The van der Waals surface area contributed by atoms with Gasteiger partial charge in [0.2, 0.25) is 5.91 Å². The number of carbonyl (C=O) groups excluding carboxylic acids is 1. The van der Waals surface area contributed by atoms with Crippen molar-refractivity contribution in [2.45, 2.75) is 19.6 Å². The number of nitrogens with one attached hydrogen (secondary N) is 1. The molecule has 0 fully saturated rings. The molecule has 2 N–H and O–H groups in total. The van der Waals surface area contributed by atoms with Crippen LogP contribution in [0, 0.1) is 12.8 Å². The van der Waals surface area contributed by atoms with E-state index in [0.717, 1.165) is 5.75 Å². The second-order valence-corrected chi connectivity index (χ2v) is 5.51. The molecule has 0 heterocycles. The molecule has 0 bridgehead atoms. The molecule has 1 aromatic rings. The number of amides is 1. The summed E-state index contributed by atoms with van der Waals surface area (Å²) >= 11 is 1.52. The van der Waals surface area contributed by atoms with Gasteiger partial charge < -0.3 is 10.4 Å². The Morgan fingerprint density at radius 3 is 2.79 bits per heavy atom. The molecule has 104 valence electrons. The smallest absolute Gasteiger partial charge is 0.308 e. The fraction of sp³-hybridized carbons (Fsp3) is 0.429. The average molecular weight is 281 g/mol. The maximum atomic E-state index is 11.5. The summed E-state index contributed by atoms with van der Waals surface area (Å²) in [7, 11) is 0. The van der Waals surface area contributed by atoms with Crippen LogP contribution in [0.25, 0.3) is 0 Å². The lowest BCUT2D eigenvalue weighted by atomic mass is 10.2. The van der Waals surface area contributed by atoms with Crippen molar-refractivity contribution in [3.8, 4) is 0 Å². The topological polar surface area (TPSA) is 66.4 Å². The second kappa shape index (κ2) is 7.84. The second-order valence-electron chi connectivity index (χ2n) is 4.53. The number of aliphatic carboxylic acids is 1. The fourth-order valence-electron chi connectivity index (χ4n) is 1.47. The van der Waals surface area contributed by atoms with Crippen LogP contribution < -0.4 is 5.32 Å². The van der Waals surface area contributed by atoms with Gasteiger partial charge in [0.05, 0.1) is 11.7 Å². The molecule has 0 aliphatic carbocycles. The first-order valence-electron chi connectivity index (χ1n) is 6.12. The summed E-state index contributed by atoms with van der Waals surface area (Å²) in [4.78, 5) is 22.1. The van der Waals surface area contributed by atoms with E-state index < -0.39 is 11.9 Å². The molecular weight excluding hydrogens is 262 g/mol. The highest BCUT2D eigenvalue weighted by Crippen LogP contribution is 2.13. The Morgan fingerprint density at radius 2 is 2.16 bits per heavy atom. The number of thioether (sulfide) groups is 1. The summed E-state index contributed by atoms with van der Waals surface area (Å²) in [5.74, 6) is -0.437. The van der Waals surface area contributed by atoms with Gasteiger partial charge in [-0.25, -0.2) is 0 Å². The van der Waals surface area contributed by atoms with E-state index >= 15 is 0 Å². The van der Waals surface area contributed by atoms with Crippen molar-refractivity contribution in [3.05, 3.63) is 35.4 Å². The van der Waals surface area contributed by atoms with E-state index in [1.807, 2.05) is 25.1 Å². The molecule has 19 heavy (non-hydrogen) atoms. The molecule has 4 nitrogen and oxygen atoms in total. The highest BCUT2D eigenvalue weighted by Gasteiger charge is 2.11. The summed E-state index contributed by atoms with van der Waals surface area (Å²) in [6.07, 6.45) is 0. The lowest BCUT2D eigenvalue weighted by molar-refractivity contribution is -0.141. The first kappa shape index (κ1) is 15.6. The van der Waals surface area contributed by atoms with Crippen LogP contribution in [0.2, 0.25) is 0 Å². The number of hydrogen-bond acceptors (Lipinski definition) is 3. The van der Waals surface area contributed by atoms with Gasteiger partial charge in [-0.3, -0.25) is 9.59 Å². The lowest BCUT2D eigenvalue weighted by Gasteiger charge is -2.08. The van der Waals surface area contributed by atoms with Crippen LogP contribution in [-0.4, -0.2) is 29.3 Å². The van der Waals surface area contributed by atoms with Crippen LogP contribution in [0.15, 0.2) is 24.3 Å². The van der Waals surface area contributed by atoms with Gasteiger partial charge in [0.25, 0.3) is 0 Å². The van der Waals surface area contributed by atoms with Crippen molar-refractivity contribution in [1.82, 2.24) is 5.32 Å². The van der Waals surface area contributed by atoms with Crippen molar-refractivity contribution in [2.24, 2.45) is 5.92 Å². The molecule has 1 atom stereocenters. The van der Waals surface area contributed by atoms with Crippen LogP contribution >= 0.6 is 11.8 Å². The van der Waals surface area contributed by atoms with Gasteiger partial charge in [0, 0.05) is 12.3 Å². The first-order valence-corrected chi connectivity index (χ1v) is 7.27. The largest absolute Gasteiger partial charge is 0.481 e. The molecule has 1 unspecified atom stereocenters. The minimum atomic E-state index is -0.896. The van der Waals surface area contributed by atoms with Gasteiger partial charge in [-0.2, -0.15) is 0 Å². The molecule has 1 amide bonds. The number of carboxylic acids is 1. The van der Waals surface area contributed by atoms with Crippen LogP contribution in [-0.2, 0) is 15.3 Å². The highest BCUT2D eigenvalue weighted by molar-refractivity contribution is 7.99. The van der Waals surface area contributed by atoms with E-state index in [9.17, 15) is 9.59 Å². The maximum Gasteiger partial charge on any atom is 0.308 e. The average Bonchev–Trinajstić information content (AvgIpc) is 2.36. The summed E-state index contributed by atoms with van der Waals surface area (Å²) in [6, 6.07) is 8.16. The molecule has 0 saturated carbocycles. The van der Waals surface area contributed by atoms with E-state index in [4.69, 9.17) is 5.11 Å². The quantitative estimate of drug-likeness (QED) is 0.803. The Morgan fingerprint density at radius 1 is 1.42 bits per heavy atom. The van der Waals surface area contributed by atoms with E-state index in [-0.39, 0.29) is 12.5 Å². The summed E-state index contributed by atoms with van der Waals surface area (Å²) < 4.78 is 0. The summed E-state index contributed by atoms with van der Waals surface area (Å²) in [6.45, 7) is 3.79. The normalized spacial score (nSPS) is 11.9. The van der Waals surface area contributed by atoms with E-state index in [0.29, 0.717) is 5.75 Å². The van der Waals surface area contributed by atoms with Gasteiger partial charge in [0.1, 0.15) is 0 Å². The predicted octanol–water partition coefficient (Wildman–Crippen LogP) is 2.07. The zero-order valence-corrected chi connectivity index (χ0v) is 12.0. The van der Waals surface area contributed by atoms with Gasteiger partial charge in [-0.1, -0.05) is 36.8 Å². The molecule has 1 rings (SSSR count). The van der Waals surface area contributed by atoms with Gasteiger partial charge in [0.15, 0.2) is 0 Å². The molecule has 0 saturated heterocycles. The fourth-order valence-corrected chi connectivity index (χ4v) is 2.27. The molecule has 0 spiro atoms. The summed E-state index contributed by atoms with van der Waals surface area (Å²) in [5, 5.41) is 11.3. The van der Waals surface area contributed by atoms with E-state index in [2.05, 4.69) is 11.4 Å². The van der Waals surface area contributed by atoms with Crippen molar-refractivity contribution >= 4 is 23.6 Å². The molecule has 0 aliphatic heterocycles. The van der Waals surface area contributed by atoms with E-state index in [1.54, 1.807) is 6.92 Å². The third-order valence-electron chi connectivity index (χ3n) is 2.61. The van der Waals surface area contributed by atoms with Crippen molar-refractivity contribution in [1.29, 1.82) is 0 Å². The van der Waals surface area contributed by atoms with Gasteiger partial charge >= 0.3 is 5.97 Å². The van der Waals surface area contributed by atoms with E-state index in [1.165, 1.54) is 22.9 Å². The van der Waals surface area contributed by atoms with Crippen LogP contribution in [0.4, 0.5) is 0 Å². The third kappa shape index (κ3) is 6.29. The van der Waals surface area contributed by atoms with Crippen molar-refractivity contribution < 1.29 is 14.7 Å². The highest BCUT2D eigenvalue weighted by atomic mass is 32.2. The molecular formula is C14H19NO3S. The third-order valence-corrected chi connectivity index (χ3v) is 3.62. The molecule has 5 heteroatoms. The number of benzene rings is 1. The zero-order chi connectivity index (χ0) is 14.3. The number of carbonyl (C=O) groups is 2. The molecule has 0 radical (unpaired) electrons. The number of hydrogen-bond donors (Lipinski definition) is 2.